The molecule has 0 bridgehead atoms. The molecule has 0 aromatic heterocycles. The van der Waals surface area contributed by atoms with E-state index in [-0.39, 0.29) is 5.75 Å². The van der Waals surface area contributed by atoms with Crippen LogP contribution in [0.25, 0.3) is 6.08 Å². The smallest absolute Gasteiger partial charge is 0.265 e. The molecular weight excluding hydrogens is 262 g/mol. The topological polar surface area (TPSA) is 54.4 Å². The summed E-state index contributed by atoms with van der Waals surface area (Å²) in [7, 11) is 0.245. The van der Waals surface area contributed by atoms with Crippen molar-refractivity contribution in [2.24, 2.45) is 0 Å². The zero-order valence-corrected chi connectivity index (χ0v) is 12.4. The van der Waals surface area contributed by atoms with Gasteiger partial charge >= 0.3 is 0 Å². The fourth-order valence-electron chi connectivity index (χ4n) is 2.01. The maximum Gasteiger partial charge on any atom is 0.265 e. The van der Waals surface area contributed by atoms with Crippen molar-refractivity contribution in [1.29, 1.82) is 0 Å². The molecule has 19 heavy (non-hydrogen) atoms. The molecule has 0 spiro atoms. The second-order valence-corrected chi connectivity index (χ2v) is 6.97. The van der Waals surface area contributed by atoms with Crippen LogP contribution in [0.3, 0.4) is 0 Å². The quantitative estimate of drug-likeness (QED) is 0.617. The minimum absolute atomic E-state index is 0.177. The molecule has 1 aromatic rings. The summed E-state index contributed by atoms with van der Waals surface area (Å²) < 4.78 is 30.8. The molecule has 106 valence electrons. The van der Waals surface area contributed by atoms with Crippen molar-refractivity contribution in [2.45, 2.75) is 13.0 Å². The number of quaternary nitrogens is 1. The van der Waals surface area contributed by atoms with Crippen molar-refractivity contribution in [3.05, 3.63) is 42.0 Å². The molecule has 0 radical (unpaired) electrons. The number of benzene rings is 1. The Morgan fingerprint density at radius 3 is 2.32 bits per heavy atom. The first-order valence-corrected chi connectivity index (χ1v) is 7.81. The second kappa shape index (κ2) is 6.32. The Hall–Kier alpha value is -1.17. The molecule has 1 rings (SSSR count). The van der Waals surface area contributed by atoms with Crippen LogP contribution >= 0.6 is 0 Å². The highest BCUT2D eigenvalue weighted by atomic mass is 32.2. The molecule has 5 heteroatoms. The Bertz CT molecular complexity index is 518. The van der Waals surface area contributed by atoms with E-state index in [1.54, 1.807) is 6.08 Å². The third-order valence-corrected chi connectivity index (χ3v) is 3.80. The molecule has 0 atom stereocenters. The zero-order chi connectivity index (χ0) is 14.5. The largest absolute Gasteiger partial charge is 0.325 e. The standard InChI is InChI=1S/C14H21NO3S/c1-4-13-6-8-14(9-7-13)12-15(2,3)10-5-11-19(16,17)18/h4,6-9H,1,5,10-12H2,2-3H3/p+1. The lowest BCUT2D eigenvalue weighted by atomic mass is 10.1. The van der Waals surface area contributed by atoms with Crippen LogP contribution in [-0.2, 0) is 16.7 Å². The molecule has 0 aliphatic rings. The summed E-state index contributed by atoms with van der Waals surface area (Å²) in [5.74, 6) is -0.177. The van der Waals surface area contributed by atoms with Crippen molar-refractivity contribution in [2.75, 3.05) is 26.4 Å². The summed E-state index contributed by atoms with van der Waals surface area (Å²) in [4.78, 5) is 0. The molecule has 0 fully saturated rings. The second-order valence-electron chi connectivity index (χ2n) is 5.40. The molecular formula is C14H22NO3S+. The van der Waals surface area contributed by atoms with Crippen LogP contribution in [-0.4, -0.2) is 43.8 Å². The third kappa shape index (κ3) is 6.52. The van der Waals surface area contributed by atoms with Gasteiger partial charge < -0.3 is 4.48 Å². The highest BCUT2D eigenvalue weighted by molar-refractivity contribution is 7.85. The molecule has 4 nitrogen and oxygen atoms in total. The van der Waals surface area contributed by atoms with E-state index in [1.165, 1.54) is 5.56 Å². The maximum atomic E-state index is 10.7. The van der Waals surface area contributed by atoms with E-state index in [2.05, 4.69) is 18.7 Å². The minimum atomic E-state index is -3.85. The Morgan fingerprint density at radius 1 is 1.26 bits per heavy atom. The lowest BCUT2D eigenvalue weighted by molar-refractivity contribution is -0.903. The molecule has 0 saturated carbocycles. The molecule has 0 heterocycles. The van der Waals surface area contributed by atoms with Crippen LogP contribution in [0.15, 0.2) is 30.8 Å². The first-order valence-electron chi connectivity index (χ1n) is 6.20. The highest BCUT2D eigenvalue weighted by Crippen LogP contribution is 2.12. The molecule has 0 aliphatic heterocycles. The van der Waals surface area contributed by atoms with E-state index in [0.29, 0.717) is 17.4 Å². The monoisotopic (exact) mass is 284 g/mol. The summed E-state index contributed by atoms with van der Waals surface area (Å²) in [5.41, 5.74) is 2.28. The SMILES string of the molecule is C=Cc1ccc(C[N+](C)(C)CCCS(=O)(=O)O)cc1. The molecule has 0 amide bonds. The predicted octanol–water partition coefficient (Wildman–Crippen LogP) is 2.18. The van der Waals surface area contributed by atoms with Gasteiger partial charge in [-0.1, -0.05) is 36.9 Å². The van der Waals surface area contributed by atoms with E-state index < -0.39 is 10.1 Å². The average Bonchev–Trinajstić information content (AvgIpc) is 2.27. The van der Waals surface area contributed by atoms with Gasteiger partial charge in [-0.15, -0.1) is 0 Å². The summed E-state index contributed by atoms with van der Waals surface area (Å²) in [5, 5.41) is 0. The molecule has 0 aliphatic carbocycles. The third-order valence-electron chi connectivity index (χ3n) is 2.99. The number of nitrogens with zero attached hydrogens (tertiary/aromatic N) is 1. The van der Waals surface area contributed by atoms with Gasteiger partial charge in [0.15, 0.2) is 0 Å². The number of hydrogen-bond donors (Lipinski definition) is 1. The number of hydrogen-bond acceptors (Lipinski definition) is 2. The van der Waals surface area contributed by atoms with Crippen molar-refractivity contribution < 1.29 is 17.5 Å². The van der Waals surface area contributed by atoms with Crippen LogP contribution < -0.4 is 0 Å². The summed E-state index contributed by atoms with van der Waals surface area (Å²) in [6.07, 6.45) is 2.26. The van der Waals surface area contributed by atoms with E-state index in [1.807, 2.05) is 26.2 Å². The Kier molecular flexibility index (Phi) is 5.29. The van der Waals surface area contributed by atoms with Crippen LogP contribution in [0.2, 0.25) is 0 Å². The molecule has 1 N–H and O–H groups in total. The van der Waals surface area contributed by atoms with Crippen molar-refractivity contribution >= 4 is 16.2 Å². The average molecular weight is 284 g/mol. The van der Waals surface area contributed by atoms with Gasteiger partial charge in [-0.25, -0.2) is 0 Å². The van der Waals surface area contributed by atoms with E-state index >= 15 is 0 Å². The Labute approximate surface area is 115 Å². The van der Waals surface area contributed by atoms with Gasteiger partial charge in [0.2, 0.25) is 0 Å². The molecule has 1 aromatic carbocycles. The van der Waals surface area contributed by atoms with E-state index in [4.69, 9.17) is 4.55 Å². The van der Waals surface area contributed by atoms with Gasteiger partial charge in [-0.3, -0.25) is 4.55 Å². The van der Waals surface area contributed by atoms with Gasteiger partial charge in [-0.2, -0.15) is 8.42 Å². The first kappa shape index (κ1) is 15.9. The highest BCUT2D eigenvalue weighted by Gasteiger charge is 2.17. The fourth-order valence-corrected chi connectivity index (χ4v) is 2.50. The first-order chi connectivity index (χ1) is 8.72. The van der Waals surface area contributed by atoms with E-state index in [9.17, 15) is 8.42 Å². The molecule has 0 saturated heterocycles. The lowest BCUT2D eigenvalue weighted by Crippen LogP contribution is -2.40. The number of rotatable bonds is 7. The Balaban J connectivity index is 2.55. The van der Waals surface area contributed by atoms with Crippen molar-refractivity contribution in [3.8, 4) is 0 Å². The van der Waals surface area contributed by atoms with Gasteiger partial charge in [0, 0.05) is 12.0 Å². The maximum absolute atomic E-state index is 10.7. The van der Waals surface area contributed by atoms with Crippen molar-refractivity contribution in [3.63, 3.8) is 0 Å². The Morgan fingerprint density at radius 2 is 1.84 bits per heavy atom. The van der Waals surface area contributed by atoms with Gasteiger partial charge in [-0.05, 0) is 5.56 Å². The summed E-state index contributed by atoms with van der Waals surface area (Å²) in [6, 6.07) is 8.14. The molecule has 0 unspecified atom stereocenters. The van der Waals surface area contributed by atoms with Crippen LogP contribution in [0.5, 0.6) is 0 Å². The summed E-state index contributed by atoms with van der Waals surface area (Å²) >= 11 is 0. The van der Waals surface area contributed by atoms with E-state index in [0.717, 1.165) is 12.1 Å². The van der Waals surface area contributed by atoms with Gasteiger partial charge in [0.25, 0.3) is 10.1 Å². The van der Waals surface area contributed by atoms with Gasteiger partial charge in [0.1, 0.15) is 6.54 Å². The van der Waals surface area contributed by atoms with Gasteiger partial charge in [0.05, 0.1) is 26.4 Å². The fraction of sp³-hybridized carbons (Fsp3) is 0.429. The van der Waals surface area contributed by atoms with Crippen LogP contribution in [0.1, 0.15) is 17.5 Å². The van der Waals surface area contributed by atoms with Crippen LogP contribution in [0, 0.1) is 0 Å². The predicted molar refractivity (Wildman–Crippen MR) is 78.2 cm³/mol. The lowest BCUT2D eigenvalue weighted by Gasteiger charge is -2.29. The zero-order valence-electron chi connectivity index (χ0n) is 11.5. The normalized spacial score (nSPS) is 12.4. The summed E-state index contributed by atoms with van der Waals surface area (Å²) in [6.45, 7) is 5.23. The van der Waals surface area contributed by atoms with Crippen LogP contribution in [0.4, 0.5) is 0 Å². The minimum Gasteiger partial charge on any atom is -0.325 e. The van der Waals surface area contributed by atoms with Crippen molar-refractivity contribution in [1.82, 2.24) is 0 Å².